The molecule has 0 radical (unpaired) electrons. The average Bonchev–Trinajstić information content (AvgIpc) is 3.17. The average molecular weight is 409 g/mol. The lowest BCUT2D eigenvalue weighted by atomic mass is 10.0. The van der Waals surface area contributed by atoms with Crippen molar-refractivity contribution in [1.82, 2.24) is 20.6 Å². The Labute approximate surface area is 176 Å². The molecule has 30 heavy (non-hydrogen) atoms. The van der Waals surface area contributed by atoms with E-state index in [4.69, 9.17) is 4.74 Å². The number of rotatable bonds is 10. The summed E-state index contributed by atoms with van der Waals surface area (Å²) in [4.78, 5) is 32.6. The SMILES string of the molecule is CC(C)C(NC(=O)COc1ccccc1)C(=O)NCCCc1nc2ccccc2[nH]1. The van der Waals surface area contributed by atoms with Crippen molar-refractivity contribution in [1.29, 1.82) is 0 Å². The fourth-order valence-electron chi connectivity index (χ4n) is 3.12. The maximum absolute atomic E-state index is 12.6. The zero-order valence-corrected chi connectivity index (χ0v) is 17.4. The highest BCUT2D eigenvalue weighted by atomic mass is 16.5. The van der Waals surface area contributed by atoms with E-state index in [2.05, 4.69) is 20.6 Å². The van der Waals surface area contributed by atoms with Crippen molar-refractivity contribution in [2.45, 2.75) is 32.7 Å². The standard InChI is InChI=1S/C23H28N4O3/c1-16(2)22(27-21(28)15-30-17-9-4-3-5-10-17)23(29)24-14-8-13-20-25-18-11-6-7-12-19(18)26-20/h3-7,9-12,16,22H,8,13-15H2,1-2H3,(H,24,29)(H,25,26)(H,27,28). The minimum absolute atomic E-state index is 0.0407. The van der Waals surface area contributed by atoms with Crippen LogP contribution < -0.4 is 15.4 Å². The molecule has 3 aromatic rings. The second-order valence-corrected chi connectivity index (χ2v) is 7.49. The third-order valence-electron chi connectivity index (χ3n) is 4.71. The molecule has 0 fully saturated rings. The predicted molar refractivity (Wildman–Crippen MR) is 116 cm³/mol. The number of nitrogens with zero attached hydrogens (tertiary/aromatic N) is 1. The predicted octanol–water partition coefficient (Wildman–Crippen LogP) is 2.83. The Kier molecular flexibility index (Phi) is 7.43. The minimum Gasteiger partial charge on any atom is -0.484 e. The second kappa shape index (κ2) is 10.4. The monoisotopic (exact) mass is 408 g/mol. The summed E-state index contributed by atoms with van der Waals surface area (Å²) in [6.07, 6.45) is 1.49. The molecule has 0 saturated heterocycles. The number of nitrogens with one attached hydrogen (secondary N) is 3. The summed E-state index contributed by atoms with van der Waals surface area (Å²) < 4.78 is 5.45. The summed E-state index contributed by atoms with van der Waals surface area (Å²) in [5.74, 6) is 0.958. The fourth-order valence-corrected chi connectivity index (χ4v) is 3.12. The van der Waals surface area contributed by atoms with E-state index < -0.39 is 6.04 Å². The third kappa shape index (κ3) is 6.07. The van der Waals surface area contributed by atoms with Crippen molar-refractivity contribution < 1.29 is 14.3 Å². The molecule has 0 aliphatic carbocycles. The van der Waals surface area contributed by atoms with E-state index in [9.17, 15) is 9.59 Å². The number of hydrogen-bond donors (Lipinski definition) is 3. The van der Waals surface area contributed by atoms with Gasteiger partial charge in [0.05, 0.1) is 11.0 Å². The van der Waals surface area contributed by atoms with E-state index in [0.717, 1.165) is 29.7 Å². The molecule has 158 valence electrons. The van der Waals surface area contributed by atoms with Gasteiger partial charge in [0, 0.05) is 13.0 Å². The van der Waals surface area contributed by atoms with Gasteiger partial charge in [-0.1, -0.05) is 44.2 Å². The van der Waals surface area contributed by atoms with Crippen LogP contribution in [0.4, 0.5) is 0 Å². The highest BCUT2D eigenvalue weighted by Gasteiger charge is 2.24. The number of aryl methyl sites for hydroxylation is 1. The molecule has 3 N–H and O–H groups in total. The summed E-state index contributed by atoms with van der Waals surface area (Å²) in [6, 6.07) is 16.4. The number of imidazole rings is 1. The molecule has 0 bridgehead atoms. The van der Waals surface area contributed by atoms with Gasteiger partial charge in [-0.25, -0.2) is 4.98 Å². The van der Waals surface area contributed by atoms with Gasteiger partial charge >= 0.3 is 0 Å². The molecule has 0 spiro atoms. The molecule has 1 aromatic heterocycles. The first-order valence-corrected chi connectivity index (χ1v) is 10.2. The van der Waals surface area contributed by atoms with E-state index in [-0.39, 0.29) is 24.3 Å². The molecule has 0 aliphatic rings. The van der Waals surface area contributed by atoms with Gasteiger partial charge in [-0.05, 0) is 36.6 Å². The smallest absolute Gasteiger partial charge is 0.258 e. The number of amides is 2. The number of carbonyl (C=O) groups excluding carboxylic acids is 2. The van der Waals surface area contributed by atoms with Gasteiger partial charge in [0.1, 0.15) is 17.6 Å². The number of aromatic nitrogens is 2. The first-order valence-electron chi connectivity index (χ1n) is 10.2. The van der Waals surface area contributed by atoms with Crippen molar-refractivity contribution in [3.8, 4) is 5.75 Å². The lowest BCUT2D eigenvalue weighted by Gasteiger charge is -2.21. The maximum Gasteiger partial charge on any atom is 0.258 e. The quantitative estimate of drug-likeness (QED) is 0.450. The van der Waals surface area contributed by atoms with E-state index in [1.807, 2.05) is 56.3 Å². The summed E-state index contributed by atoms with van der Waals surface area (Å²) in [7, 11) is 0. The number of hydrogen-bond acceptors (Lipinski definition) is 4. The molecule has 0 saturated carbocycles. The first kappa shape index (κ1) is 21.4. The van der Waals surface area contributed by atoms with Crippen LogP contribution in [0.2, 0.25) is 0 Å². The van der Waals surface area contributed by atoms with Crippen molar-refractivity contribution in [3.05, 3.63) is 60.4 Å². The minimum atomic E-state index is -0.608. The number of fused-ring (bicyclic) bond motifs is 1. The molecule has 7 heteroatoms. The molecule has 2 aromatic carbocycles. The van der Waals surface area contributed by atoms with Crippen LogP contribution in [-0.4, -0.2) is 41.0 Å². The summed E-state index contributed by atoms with van der Waals surface area (Å²) in [6.45, 7) is 4.18. The lowest BCUT2D eigenvalue weighted by Crippen LogP contribution is -2.51. The lowest BCUT2D eigenvalue weighted by molar-refractivity contribution is -0.131. The van der Waals surface area contributed by atoms with Crippen LogP contribution in [0.1, 0.15) is 26.1 Å². The summed E-state index contributed by atoms with van der Waals surface area (Å²) in [5, 5.41) is 5.68. The van der Waals surface area contributed by atoms with Gasteiger partial charge in [-0.2, -0.15) is 0 Å². The van der Waals surface area contributed by atoms with Crippen LogP contribution in [0.15, 0.2) is 54.6 Å². The number of carbonyl (C=O) groups is 2. The van der Waals surface area contributed by atoms with Gasteiger partial charge in [0.2, 0.25) is 5.91 Å². The zero-order valence-electron chi connectivity index (χ0n) is 17.4. The molecule has 1 heterocycles. The normalized spacial score (nSPS) is 12.0. The van der Waals surface area contributed by atoms with E-state index in [0.29, 0.717) is 12.3 Å². The van der Waals surface area contributed by atoms with E-state index >= 15 is 0 Å². The van der Waals surface area contributed by atoms with Gasteiger partial charge in [-0.15, -0.1) is 0 Å². The van der Waals surface area contributed by atoms with Crippen molar-refractivity contribution >= 4 is 22.8 Å². The molecule has 0 aliphatic heterocycles. The Morgan fingerprint density at radius 2 is 1.80 bits per heavy atom. The largest absolute Gasteiger partial charge is 0.484 e. The molecule has 7 nitrogen and oxygen atoms in total. The Morgan fingerprint density at radius 1 is 1.07 bits per heavy atom. The molecular weight excluding hydrogens is 380 g/mol. The van der Waals surface area contributed by atoms with Crippen molar-refractivity contribution in [3.63, 3.8) is 0 Å². The van der Waals surface area contributed by atoms with Crippen LogP contribution in [0.5, 0.6) is 5.75 Å². The first-order chi connectivity index (χ1) is 14.5. The summed E-state index contributed by atoms with van der Waals surface area (Å²) in [5.41, 5.74) is 1.95. The van der Waals surface area contributed by atoms with Crippen LogP contribution in [0.3, 0.4) is 0 Å². The van der Waals surface area contributed by atoms with Gasteiger partial charge in [-0.3, -0.25) is 9.59 Å². The Balaban J connectivity index is 1.42. The second-order valence-electron chi connectivity index (χ2n) is 7.49. The van der Waals surface area contributed by atoms with Crippen molar-refractivity contribution in [2.75, 3.05) is 13.2 Å². The molecule has 3 rings (SSSR count). The Hall–Kier alpha value is -3.35. The fraction of sp³-hybridized carbons (Fsp3) is 0.348. The number of ether oxygens (including phenoxy) is 1. The van der Waals surface area contributed by atoms with Crippen LogP contribution >= 0.6 is 0 Å². The third-order valence-corrected chi connectivity index (χ3v) is 4.71. The highest BCUT2D eigenvalue weighted by molar-refractivity contribution is 5.88. The molecule has 2 amide bonds. The Bertz CT molecular complexity index is 936. The number of benzene rings is 2. The van der Waals surface area contributed by atoms with Gasteiger partial charge in [0.25, 0.3) is 5.91 Å². The highest BCUT2D eigenvalue weighted by Crippen LogP contribution is 2.11. The Morgan fingerprint density at radius 3 is 2.53 bits per heavy atom. The van der Waals surface area contributed by atoms with Gasteiger partial charge < -0.3 is 20.4 Å². The summed E-state index contributed by atoms with van der Waals surface area (Å²) >= 11 is 0. The number of para-hydroxylation sites is 3. The zero-order chi connectivity index (χ0) is 21.3. The molecular formula is C23H28N4O3. The van der Waals surface area contributed by atoms with E-state index in [1.165, 1.54) is 0 Å². The molecule has 1 unspecified atom stereocenters. The van der Waals surface area contributed by atoms with Crippen LogP contribution in [-0.2, 0) is 16.0 Å². The number of H-pyrrole nitrogens is 1. The van der Waals surface area contributed by atoms with Crippen LogP contribution in [0, 0.1) is 5.92 Å². The van der Waals surface area contributed by atoms with Crippen LogP contribution in [0.25, 0.3) is 11.0 Å². The topological polar surface area (TPSA) is 96.1 Å². The van der Waals surface area contributed by atoms with E-state index in [1.54, 1.807) is 12.1 Å². The van der Waals surface area contributed by atoms with Crippen molar-refractivity contribution in [2.24, 2.45) is 5.92 Å². The molecule has 1 atom stereocenters. The van der Waals surface area contributed by atoms with Gasteiger partial charge in [0.15, 0.2) is 6.61 Å². The number of aromatic amines is 1. The maximum atomic E-state index is 12.6.